The summed E-state index contributed by atoms with van der Waals surface area (Å²) < 4.78 is 9.14. The summed E-state index contributed by atoms with van der Waals surface area (Å²) in [5.41, 5.74) is -0.0834. The second-order valence-corrected chi connectivity index (χ2v) is 2.61. The van der Waals surface area contributed by atoms with Gasteiger partial charge in [0.15, 0.2) is 0 Å². The molecule has 0 amide bonds. The van der Waals surface area contributed by atoms with Crippen molar-refractivity contribution < 1.29 is 23.9 Å². The first kappa shape index (κ1) is 14.2. The number of ketones is 1. The van der Waals surface area contributed by atoms with Gasteiger partial charge in [0.05, 0.1) is 13.2 Å². The highest BCUT2D eigenvalue weighted by Crippen LogP contribution is 1.95. The molecule has 0 fully saturated rings. The van der Waals surface area contributed by atoms with Crippen LogP contribution in [0.25, 0.3) is 0 Å². The van der Waals surface area contributed by atoms with Gasteiger partial charge in [-0.2, -0.15) is 0 Å². The van der Waals surface area contributed by atoms with Crippen LogP contribution in [0, 0.1) is 0 Å². The van der Waals surface area contributed by atoms with Crippen molar-refractivity contribution in [3.8, 4) is 0 Å². The Morgan fingerprint density at radius 1 is 1.06 bits per heavy atom. The number of carbonyl (C=O) groups is 3. The predicted molar refractivity (Wildman–Crippen MR) is 55.4 cm³/mol. The molecule has 0 radical (unpaired) electrons. The Balaban J connectivity index is 4.63. The number of likely N-dealkylation sites (N-methyl/N-ethyl adjacent to an activating group) is 1. The largest absolute Gasteiger partial charge is 0.461 e. The molecule has 0 unspecified atom stereocenters. The lowest BCUT2D eigenvalue weighted by Crippen LogP contribution is -2.23. The first-order valence-corrected chi connectivity index (χ1v) is 4.84. The van der Waals surface area contributed by atoms with Crippen LogP contribution in [0.3, 0.4) is 0 Å². The van der Waals surface area contributed by atoms with Gasteiger partial charge in [0.25, 0.3) is 5.78 Å². The molecule has 90 valence electrons. The fourth-order valence-electron chi connectivity index (χ4n) is 0.834. The topological polar surface area (TPSA) is 81.7 Å². The van der Waals surface area contributed by atoms with Gasteiger partial charge >= 0.3 is 11.9 Å². The van der Waals surface area contributed by atoms with E-state index in [0.717, 1.165) is 6.08 Å². The number of ether oxygens (including phenoxy) is 2. The molecule has 1 N–H and O–H groups in total. The summed E-state index contributed by atoms with van der Waals surface area (Å²) in [6, 6.07) is 0. The van der Waals surface area contributed by atoms with E-state index in [-0.39, 0.29) is 18.9 Å². The van der Waals surface area contributed by atoms with Crippen LogP contribution in [0.2, 0.25) is 0 Å². The highest BCUT2D eigenvalue weighted by molar-refractivity contribution is 6.39. The lowest BCUT2D eigenvalue weighted by atomic mass is 10.3. The quantitative estimate of drug-likeness (QED) is 0.385. The average molecular weight is 229 g/mol. The van der Waals surface area contributed by atoms with Crippen LogP contribution in [0.4, 0.5) is 0 Å². The molecule has 0 saturated heterocycles. The maximum atomic E-state index is 11.2. The molecular formula is C10H15NO5. The Hall–Kier alpha value is -1.85. The maximum Gasteiger partial charge on any atom is 0.379 e. The zero-order valence-electron chi connectivity index (χ0n) is 9.53. The second kappa shape index (κ2) is 7.44. The minimum absolute atomic E-state index is 0.0834. The molecule has 6 nitrogen and oxygen atoms in total. The van der Waals surface area contributed by atoms with E-state index in [1.54, 1.807) is 13.8 Å². The first-order chi connectivity index (χ1) is 7.56. The van der Waals surface area contributed by atoms with Crippen LogP contribution in [-0.2, 0) is 23.9 Å². The molecule has 0 aromatic rings. The van der Waals surface area contributed by atoms with E-state index in [4.69, 9.17) is 0 Å². The number of hydrogen-bond acceptors (Lipinski definition) is 6. The predicted octanol–water partition coefficient (Wildman–Crippen LogP) is -0.215. The average Bonchev–Trinajstić information content (AvgIpc) is 2.26. The van der Waals surface area contributed by atoms with E-state index in [1.165, 1.54) is 7.05 Å². The number of nitrogens with one attached hydrogen (secondary N) is 1. The lowest BCUT2D eigenvalue weighted by Gasteiger charge is -2.05. The van der Waals surface area contributed by atoms with E-state index in [2.05, 4.69) is 14.8 Å². The van der Waals surface area contributed by atoms with Gasteiger partial charge in [-0.25, -0.2) is 9.59 Å². The third-order valence-electron chi connectivity index (χ3n) is 1.52. The molecule has 0 atom stereocenters. The summed E-state index contributed by atoms with van der Waals surface area (Å²) in [6.07, 6.45) is 0.857. The molecule has 6 heteroatoms. The van der Waals surface area contributed by atoms with E-state index >= 15 is 0 Å². The van der Waals surface area contributed by atoms with Crippen molar-refractivity contribution in [1.82, 2.24) is 5.32 Å². The number of hydrogen-bond donors (Lipinski definition) is 1. The molecule has 0 aliphatic rings. The fourth-order valence-corrected chi connectivity index (χ4v) is 0.834. The number of esters is 2. The van der Waals surface area contributed by atoms with E-state index in [0.29, 0.717) is 0 Å². The highest BCUT2D eigenvalue weighted by atomic mass is 16.5. The Kier molecular flexibility index (Phi) is 6.58. The molecule has 0 rings (SSSR count). The van der Waals surface area contributed by atoms with Gasteiger partial charge in [-0.3, -0.25) is 4.79 Å². The molecule has 0 aliphatic carbocycles. The lowest BCUT2D eigenvalue weighted by molar-refractivity contribution is -0.151. The summed E-state index contributed by atoms with van der Waals surface area (Å²) in [4.78, 5) is 33.4. The van der Waals surface area contributed by atoms with Gasteiger partial charge in [0, 0.05) is 13.1 Å². The Labute approximate surface area is 93.6 Å². The molecule has 0 aromatic heterocycles. The van der Waals surface area contributed by atoms with E-state index < -0.39 is 17.7 Å². The van der Waals surface area contributed by atoms with E-state index in [9.17, 15) is 14.4 Å². The van der Waals surface area contributed by atoms with Gasteiger partial charge in [0.1, 0.15) is 5.70 Å². The van der Waals surface area contributed by atoms with Crippen molar-refractivity contribution in [2.75, 3.05) is 20.3 Å². The molecule has 0 heterocycles. The first-order valence-electron chi connectivity index (χ1n) is 4.84. The molecular weight excluding hydrogens is 214 g/mol. The number of carbonyl (C=O) groups excluding carboxylic acids is 3. The van der Waals surface area contributed by atoms with Crippen LogP contribution in [0.5, 0.6) is 0 Å². The summed E-state index contributed by atoms with van der Waals surface area (Å²) in [6.45, 7) is 3.51. The molecule has 16 heavy (non-hydrogen) atoms. The monoisotopic (exact) mass is 229 g/mol. The van der Waals surface area contributed by atoms with Crippen molar-refractivity contribution in [2.24, 2.45) is 0 Å². The van der Waals surface area contributed by atoms with Gasteiger partial charge < -0.3 is 14.8 Å². The zero-order valence-corrected chi connectivity index (χ0v) is 9.53. The Morgan fingerprint density at radius 3 is 2.00 bits per heavy atom. The third kappa shape index (κ3) is 4.59. The van der Waals surface area contributed by atoms with Crippen molar-refractivity contribution in [3.63, 3.8) is 0 Å². The SMILES string of the molecule is CCOC(=O)C(=O)/C=C(/NC)C(=O)OCC. The summed E-state index contributed by atoms with van der Waals surface area (Å²) in [5.74, 6) is -2.60. The minimum Gasteiger partial charge on any atom is -0.461 e. The standard InChI is InChI=1S/C10H15NO5/c1-4-15-9(13)7(11-3)6-8(12)10(14)16-5-2/h6,11H,4-5H2,1-3H3/b7-6+. The van der Waals surface area contributed by atoms with Crippen LogP contribution in [0.15, 0.2) is 11.8 Å². The van der Waals surface area contributed by atoms with Gasteiger partial charge in [-0.1, -0.05) is 0 Å². The van der Waals surface area contributed by atoms with Crippen LogP contribution in [-0.4, -0.2) is 38.0 Å². The molecule has 0 aromatic carbocycles. The van der Waals surface area contributed by atoms with Crippen molar-refractivity contribution in [3.05, 3.63) is 11.8 Å². The van der Waals surface area contributed by atoms with Crippen LogP contribution < -0.4 is 5.32 Å². The van der Waals surface area contributed by atoms with Gasteiger partial charge in [-0.15, -0.1) is 0 Å². The van der Waals surface area contributed by atoms with Crippen molar-refractivity contribution in [1.29, 1.82) is 0 Å². The van der Waals surface area contributed by atoms with Gasteiger partial charge in [-0.05, 0) is 13.8 Å². The summed E-state index contributed by atoms with van der Waals surface area (Å²) in [5, 5.41) is 2.47. The van der Waals surface area contributed by atoms with E-state index in [1.807, 2.05) is 0 Å². The second-order valence-electron chi connectivity index (χ2n) is 2.61. The van der Waals surface area contributed by atoms with Crippen LogP contribution >= 0.6 is 0 Å². The van der Waals surface area contributed by atoms with Crippen molar-refractivity contribution in [2.45, 2.75) is 13.8 Å². The molecule has 0 bridgehead atoms. The smallest absolute Gasteiger partial charge is 0.379 e. The normalized spacial score (nSPS) is 10.6. The Bertz CT molecular complexity index is 308. The number of rotatable bonds is 6. The fraction of sp³-hybridized carbons (Fsp3) is 0.500. The zero-order chi connectivity index (χ0) is 12.6. The molecule has 0 spiro atoms. The molecule has 0 aliphatic heterocycles. The summed E-state index contributed by atoms with van der Waals surface area (Å²) in [7, 11) is 1.45. The van der Waals surface area contributed by atoms with Crippen molar-refractivity contribution >= 4 is 17.7 Å². The van der Waals surface area contributed by atoms with Gasteiger partial charge in [0.2, 0.25) is 0 Å². The highest BCUT2D eigenvalue weighted by Gasteiger charge is 2.16. The minimum atomic E-state index is -1.00. The summed E-state index contributed by atoms with van der Waals surface area (Å²) >= 11 is 0. The Morgan fingerprint density at radius 2 is 1.56 bits per heavy atom. The van der Waals surface area contributed by atoms with Crippen LogP contribution in [0.1, 0.15) is 13.8 Å². The maximum absolute atomic E-state index is 11.2. The third-order valence-corrected chi connectivity index (χ3v) is 1.52. The molecule has 0 saturated carbocycles.